The highest BCUT2D eigenvalue weighted by molar-refractivity contribution is 5.15. The zero-order chi connectivity index (χ0) is 9.80. The van der Waals surface area contributed by atoms with Crippen LogP contribution in [-0.4, -0.2) is 29.4 Å². The molecular weight excluding hydrogens is 178 g/mol. The molecule has 0 spiro atoms. The number of hydrogen-bond donors (Lipinski definition) is 1. The van der Waals surface area contributed by atoms with Crippen molar-refractivity contribution in [3.05, 3.63) is 17.8 Å². The highest BCUT2D eigenvalue weighted by atomic mass is 16.5. The van der Waals surface area contributed by atoms with E-state index in [4.69, 9.17) is 4.74 Å². The van der Waals surface area contributed by atoms with Crippen LogP contribution in [0.3, 0.4) is 0 Å². The molecule has 4 nitrogen and oxygen atoms in total. The summed E-state index contributed by atoms with van der Waals surface area (Å²) >= 11 is 0. The fourth-order valence-electron chi connectivity index (χ4n) is 1.59. The molecule has 0 saturated carbocycles. The predicted octanol–water partition coefficient (Wildman–Crippen LogP) is 0.916. The molecular formula is C10H15N3O. The zero-order valence-electron chi connectivity index (χ0n) is 8.36. The third-order valence-corrected chi connectivity index (χ3v) is 2.31. The van der Waals surface area contributed by atoms with Crippen LogP contribution in [0.2, 0.25) is 0 Å². The quantitative estimate of drug-likeness (QED) is 0.758. The molecule has 14 heavy (non-hydrogen) atoms. The van der Waals surface area contributed by atoms with Crippen molar-refractivity contribution in [3.8, 4) is 5.88 Å². The van der Waals surface area contributed by atoms with Gasteiger partial charge in [0.2, 0.25) is 5.88 Å². The van der Waals surface area contributed by atoms with Crippen molar-refractivity contribution < 1.29 is 4.74 Å². The first kappa shape index (κ1) is 9.40. The van der Waals surface area contributed by atoms with Crippen LogP contribution in [0.5, 0.6) is 5.88 Å². The van der Waals surface area contributed by atoms with E-state index in [9.17, 15) is 0 Å². The second-order valence-corrected chi connectivity index (χ2v) is 3.66. The van der Waals surface area contributed by atoms with Gasteiger partial charge in [0.15, 0.2) is 0 Å². The lowest BCUT2D eigenvalue weighted by atomic mass is 10.1. The molecule has 1 aromatic rings. The van der Waals surface area contributed by atoms with Crippen LogP contribution in [-0.2, 0) is 0 Å². The van der Waals surface area contributed by atoms with Crippen molar-refractivity contribution in [1.82, 2.24) is 15.5 Å². The molecule has 76 valence electrons. The molecule has 2 rings (SSSR count). The molecule has 1 aromatic heterocycles. The van der Waals surface area contributed by atoms with Gasteiger partial charge in [0, 0.05) is 12.6 Å². The average molecular weight is 193 g/mol. The van der Waals surface area contributed by atoms with Gasteiger partial charge in [-0.2, -0.15) is 5.10 Å². The van der Waals surface area contributed by atoms with Crippen LogP contribution in [0.4, 0.5) is 0 Å². The number of aromatic nitrogens is 2. The fraction of sp³-hybridized carbons (Fsp3) is 0.600. The lowest BCUT2D eigenvalue weighted by Crippen LogP contribution is -2.37. The van der Waals surface area contributed by atoms with Gasteiger partial charge in [0.25, 0.3) is 0 Å². The fourth-order valence-corrected chi connectivity index (χ4v) is 1.59. The molecule has 0 aromatic carbocycles. The molecule has 0 amide bonds. The van der Waals surface area contributed by atoms with Gasteiger partial charge in [-0.1, -0.05) is 0 Å². The molecule has 1 fully saturated rings. The SMILES string of the molecule is Cc1cnnc(O[C@H]2CCCNC2)c1. The largest absolute Gasteiger partial charge is 0.472 e. The van der Waals surface area contributed by atoms with Crippen molar-refractivity contribution in [3.63, 3.8) is 0 Å². The Morgan fingerprint density at radius 2 is 2.50 bits per heavy atom. The summed E-state index contributed by atoms with van der Waals surface area (Å²) in [6.07, 6.45) is 4.25. The lowest BCUT2D eigenvalue weighted by molar-refractivity contribution is 0.159. The van der Waals surface area contributed by atoms with Gasteiger partial charge < -0.3 is 10.1 Å². The molecule has 2 heterocycles. The molecule has 1 N–H and O–H groups in total. The Kier molecular flexibility index (Phi) is 2.93. The highest BCUT2D eigenvalue weighted by Gasteiger charge is 2.14. The van der Waals surface area contributed by atoms with E-state index in [1.165, 1.54) is 6.42 Å². The Bertz CT molecular complexity index is 297. The normalized spacial score (nSPS) is 21.9. The molecule has 1 atom stereocenters. The van der Waals surface area contributed by atoms with Crippen LogP contribution < -0.4 is 10.1 Å². The minimum absolute atomic E-state index is 0.250. The summed E-state index contributed by atoms with van der Waals surface area (Å²) in [5.74, 6) is 0.638. The number of aryl methyl sites for hydroxylation is 1. The third-order valence-electron chi connectivity index (χ3n) is 2.31. The monoisotopic (exact) mass is 193 g/mol. The van der Waals surface area contributed by atoms with Gasteiger partial charge in [-0.05, 0) is 31.9 Å². The van der Waals surface area contributed by atoms with E-state index < -0.39 is 0 Å². The van der Waals surface area contributed by atoms with Crippen LogP contribution in [0.25, 0.3) is 0 Å². The summed E-state index contributed by atoms with van der Waals surface area (Å²) < 4.78 is 5.70. The van der Waals surface area contributed by atoms with E-state index in [1.54, 1.807) is 6.20 Å². The molecule has 1 aliphatic heterocycles. The van der Waals surface area contributed by atoms with Gasteiger partial charge in [-0.15, -0.1) is 5.10 Å². The van der Waals surface area contributed by atoms with Crippen molar-refractivity contribution in [1.29, 1.82) is 0 Å². The Labute approximate surface area is 83.7 Å². The number of nitrogens with zero attached hydrogens (tertiary/aromatic N) is 2. The Hall–Kier alpha value is -1.16. The molecule has 1 aliphatic rings. The lowest BCUT2D eigenvalue weighted by Gasteiger charge is -2.23. The van der Waals surface area contributed by atoms with Crippen molar-refractivity contribution in [2.75, 3.05) is 13.1 Å². The third kappa shape index (κ3) is 2.42. The molecule has 0 bridgehead atoms. The summed E-state index contributed by atoms with van der Waals surface area (Å²) in [6, 6.07) is 1.92. The van der Waals surface area contributed by atoms with Gasteiger partial charge >= 0.3 is 0 Å². The highest BCUT2D eigenvalue weighted by Crippen LogP contribution is 2.12. The van der Waals surface area contributed by atoms with Crippen LogP contribution in [0.1, 0.15) is 18.4 Å². The van der Waals surface area contributed by atoms with Crippen LogP contribution in [0, 0.1) is 6.92 Å². The number of nitrogens with one attached hydrogen (secondary N) is 1. The predicted molar refractivity (Wildman–Crippen MR) is 53.3 cm³/mol. The summed E-state index contributed by atoms with van der Waals surface area (Å²) in [5, 5.41) is 11.1. The van der Waals surface area contributed by atoms with Gasteiger partial charge in [0.05, 0.1) is 6.20 Å². The Balaban J connectivity index is 1.95. The summed E-state index contributed by atoms with van der Waals surface area (Å²) in [4.78, 5) is 0. The first-order chi connectivity index (χ1) is 6.84. The first-order valence-electron chi connectivity index (χ1n) is 5.01. The summed E-state index contributed by atoms with van der Waals surface area (Å²) in [6.45, 7) is 4.00. The standard InChI is InChI=1S/C10H15N3O/c1-8-5-10(13-12-6-8)14-9-3-2-4-11-7-9/h5-6,9,11H,2-4,7H2,1H3/t9-/m0/s1. The van der Waals surface area contributed by atoms with E-state index in [-0.39, 0.29) is 6.10 Å². The summed E-state index contributed by atoms with van der Waals surface area (Å²) in [7, 11) is 0. The number of piperidine rings is 1. The van der Waals surface area contributed by atoms with Crippen LogP contribution >= 0.6 is 0 Å². The molecule has 0 radical (unpaired) electrons. The van der Waals surface area contributed by atoms with E-state index in [0.717, 1.165) is 25.1 Å². The van der Waals surface area contributed by atoms with Crippen molar-refractivity contribution in [2.45, 2.75) is 25.9 Å². The second kappa shape index (κ2) is 4.37. The minimum Gasteiger partial charge on any atom is -0.472 e. The van der Waals surface area contributed by atoms with Gasteiger partial charge in [-0.3, -0.25) is 0 Å². The second-order valence-electron chi connectivity index (χ2n) is 3.66. The maximum atomic E-state index is 5.70. The minimum atomic E-state index is 0.250. The van der Waals surface area contributed by atoms with Gasteiger partial charge in [0.1, 0.15) is 6.10 Å². The molecule has 1 saturated heterocycles. The topological polar surface area (TPSA) is 47.0 Å². The maximum absolute atomic E-state index is 5.70. The average Bonchev–Trinajstić information content (AvgIpc) is 2.19. The summed E-state index contributed by atoms with van der Waals surface area (Å²) in [5.41, 5.74) is 1.08. The van der Waals surface area contributed by atoms with Crippen LogP contribution in [0.15, 0.2) is 12.3 Å². The molecule has 0 aliphatic carbocycles. The Morgan fingerprint density at radius 3 is 3.21 bits per heavy atom. The van der Waals surface area contributed by atoms with E-state index in [0.29, 0.717) is 5.88 Å². The maximum Gasteiger partial charge on any atom is 0.233 e. The number of ether oxygens (including phenoxy) is 1. The number of rotatable bonds is 2. The van der Waals surface area contributed by atoms with Gasteiger partial charge in [-0.25, -0.2) is 0 Å². The van der Waals surface area contributed by atoms with E-state index >= 15 is 0 Å². The molecule has 0 unspecified atom stereocenters. The first-order valence-corrected chi connectivity index (χ1v) is 5.01. The van der Waals surface area contributed by atoms with E-state index in [1.807, 2.05) is 13.0 Å². The van der Waals surface area contributed by atoms with Crippen molar-refractivity contribution >= 4 is 0 Å². The van der Waals surface area contributed by atoms with Crippen molar-refractivity contribution in [2.24, 2.45) is 0 Å². The number of hydrogen-bond acceptors (Lipinski definition) is 4. The molecule has 4 heteroatoms. The Morgan fingerprint density at radius 1 is 1.57 bits per heavy atom. The smallest absolute Gasteiger partial charge is 0.233 e. The van der Waals surface area contributed by atoms with E-state index in [2.05, 4.69) is 15.5 Å². The zero-order valence-corrected chi connectivity index (χ0v) is 8.36.